The first-order valence-electron chi connectivity index (χ1n) is 9.07. The molecule has 0 aliphatic heterocycles. The molecule has 0 amide bonds. The number of ether oxygens (including phenoxy) is 1. The van der Waals surface area contributed by atoms with Crippen LogP contribution >= 0.6 is 24.0 Å². The van der Waals surface area contributed by atoms with Gasteiger partial charge in [0.05, 0.1) is 6.61 Å². The average Bonchev–Trinajstić information content (AvgIpc) is 2.64. The number of benzene rings is 2. The molecule has 2 aromatic carbocycles. The minimum absolute atomic E-state index is 0. The first kappa shape index (κ1) is 23.1. The first-order valence-corrected chi connectivity index (χ1v) is 9.07. The zero-order chi connectivity index (χ0) is 18.8. The van der Waals surface area contributed by atoms with E-state index in [0.29, 0.717) is 18.9 Å². The monoisotopic (exact) mass is 483 g/mol. The highest BCUT2D eigenvalue weighted by Crippen LogP contribution is 2.20. The predicted molar refractivity (Wildman–Crippen MR) is 122 cm³/mol. The number of phenols is 1. The van der Waals surface area contributed by atoms with Crippen molar-refractivity contribution in [2.24, 2.45) is 4.99 Å². The second-order valence-corrected chi connectivity index (χ2v) is 6.17. The molecule has 0 saturated heterocycles. The minimum Gasteiger partial charge on any atom is -0.508 e. The Bertz CT molecular complexity index is 718. The number of phenolic OH excluding ortho intramolecular Hbond substituents is 1. The molecule has 3 N–H and O–H groups in total. The number of aryl methyl sites for hydroxylation is 2. The van der Waals surface area contributed by atoms with Crippen LogP contribution in [0, 0.1) is 6.92 Å². The molecule has 5 nitrogen and oxygen atoms in total. The van der Waals surface area contributed by atoms with Gasteiger partial charge in [0.25, 0.3) is 0 Å². The third kappa shape index (κ3) is 8.07. The maximum atomic E-state index is 9.31. The molecule has 0 unspecified atom stereocenters. The summed E-state index contributed by atoms with van der Waals surface area (Å²) in [6.07, 6.45) is 1.94. The van der Waals surface area contributed by atoms with E-state index in [1.165, 1.54) is 11.1 Å². The van der Waals surface area contributed by atoms with Crippen molar-refractivity contribution < 1.29 is 9.84 Å². The van der Waals surface area contributed by atoms with Crippen LogP contribution in [0.5, 0.6) is 11.5 Å². The van der Waals surface area contributed by atoms with Crippen molar-refractivity contribution in [3.05, 3.63) is 59.2 Å². The summed E-state index contributed by atoms with van der Waals surface area (Å²) in [5.74, 6) is 2.00. The lowest BCUT2D eigenvalue weighted by Gasteiger charge is -2.15. The van der Waals surface area contributed by atoms with Gasteiger partial charge in [-0.05, 0) is 56.0 Å². The van der Waals surface area contributed by atoms with Gasteiger partial charge in [-0.1, -0.05) is 24.3 Å². The Kier molecular flexibility index (Phi) is 10.6. The molecule has 0 aliphatic rings. The van der Waals surface area contributed by atoms with Gasteiger partial charge in [0.15, 0.2) is 5.96 Å². The number of halogens is 1. The molecule has 0 bridgehead atoms. The molecule has 0 aliphatic carbocycles. The summed E-state index contributed by atoms with van der Waals surface area (Å²) >= 11 is 0. The summed E-state index contributed by atoms with van der Waals surface area (Å²) in [7, 11) is 1.77. The van der Waals surface area contributed by atoms with Gasteiger partial charge in [-0.25, -0.2) is 0 Å². The van der Waals surface area contributed by atoms with Crippen LogP contribution in [-0.2, 0) is 13.0 Å². The van der Waals surface area contributed by atoms with Crippen LogP contribution in [0.2, 0.25) is 0 Å². The standard InChI is InChI=1S/C21H29N3O2.HI/c1-4-26-20-14-16(2)7-10-18(20)15-24-21(22-3)23-13-5-6-17-8-11-19(25)12-9-17;/h7-12,14,25H,4-6,13,15H2,1-3H3,(H2,22,23,24);1H. The van der Waals surface area contributed by atoms with E-state index in [9.17, 15) is 5.11 Å². The SMILES string of the molecule is CCOc1cc(C)ccc1CNC(=NC)NCCCc1ccc(O)cc1.I. The number of rotatable bonds is 8. The van der Waals surface area contributed by atoms with Crippen LogP contribution in [0.1, 0.15) is 30.0 Å². The smallest absolute Gasteiger partial charge is 0.191 e. The number of aliphatic imine (C=N–C) groups is 1. The number of nitrogens with one attached hydrogen (secondary N) is 2. The molecule has 0 radical (unpaired) electrons. The molecule has 27 heavy (non-hydrogen) atoms. The van der Waals surface area contributed by atoms with Gasteiger partial charge in [0.1, 0.15) is 11.5 Å². The molecule has 6 heteroatoms. The number of aromatic hydroxyl groups is 1. The zero-order valence-electron chi connectivity index (χ0n) is 16.3. The van der Waals surface area contributed by atoms with Crippen LogP contribution in [-0.4, -0.2) is 31.3 Å². The summed E-state index contributed by atoms with van der Waals surface area (Å²) in [6.45, 7) is 6.20. The summed E-state index contributed by atoms with van der Waals surface area (Å²) in [4.78, 5) is 4.27. The highest BCUT2D eigenvalue weighted by Gasteiger charge is 2.05. The molecule has 0 fully saturated rings. The van der Waals surface area contributed by atoms with E-state index in [4.69, 9.17) is 4.74 Å². The second-order valence-electron chi connectivity index (χ2n) is 6.17. The largest absolute Gasteiger partial charge is 0.508 e. The third-order valence-electron chi connectivity index (χ3n) is 4.06. The number of hydrogen-bond acceptors (Lipinski definition) is 3. The Morgan fingerprint density at radius 2 is 1.85 bits per heavy atom. The highest BCUT2D eigenvalue weighted by atomic mass is 127. The molecule has 0 saturated carbocycles. The average molecular weight is 483 g/mol. The van der Waals surface area contributed by atoms with Crippen molar-refractivity contribution in [1.82, 2.24) is 10.6 Å². The van der Waals surface area contributed by atoms with Gasteiger partial charge in [-0.15, -0.1) is 24.0 Å². The Balaban J connectivity index is 0.00000364. The van der Waals surface area contributed by atoms with Crippen molar-refractivity contribution in [3.63, 3.8) is 0 Å². The maximum absolute atomic E-state index is 9.31. The summed E-state index contributed by atoms with van der Waals surface area (Å²) in [5, 5.41) is 16.0. The summed E-state index contributed by atoms with van der Waals surface area (Å²) < 4.78 is 5.72. The third-order valence-corrected chi connectivity index (χ3v) is 4.06. The predicted octanol–water partition coefficient (Wildman–Crippen LogP) is 4.02. The Morgan fingerprint density at radius 1 is 1.11 bits per heavy atom. The minimum atomic E-state index is 0. The Hall–Kier alpha value is -1.96. The van der Waals surface area contributed by atoms with Crippen molar-refractivity contribution in [1.29, 1.82) is 0 Å². The lowest BCUT2D eigenvalue weighted by Crippen LogP contribution is -2.37. The summed E-state index contributed by atoms with van der Waals surface area (Å²) in [5.41, 5.74) is 3.52. The lowest BCUT2D eigenvalue weighted by molar-refractivity contribution is 0.336. The van der Waals surface area contributed by atoms with E-state index in [0.717, 1.165) is 36.7 Å². The topological polar surface area (TPSA) is 65.9 Å². The van der Waals surface area contributed by atoms with E-state index in [2.05, 4.69) is 40.7 Å². The molecule has 2 rings (SSSR count). The molecule has 0 spiro atoms. The van der Waals surface area contributed by atoms with Crippen LogP contribution in [0.4, 0.5) is 0 Å². The Labute approximate surface area is 179 Å². The van der Waals surface area contributed by atoms with Crippen molar-refractivity contribution in [2.75, 3.05) is 20.2 Å². The highest BCUT2D eigenvalue weighted by molar-refractivity contribution is 14.0. The summed E-state index contributed by atoms with van der Waals surface area (Å²) in [6, 6.07) is 13.6. The molecule has 2 aromatic rings. The number of guanidine groups is 1. The van der Waals surface area contributed by atoms with E-state index in [1.807, 2.05) is 19.1 Å². The zero-order valence-corrected chi connectivity index (χ0v) is 18.6. The van der Waals surface area contributed by atoms with Crippen LogP contribution in [0.3, 0.4) is 0 Å². The van der Waals surface area contributed by atoms with E-state index in [-0.39, 0.29) is 24.0 Å². The van der Waals surface area contributed by atoms with E-state index in [1.54, 1.807) is 19.2 Å². The van der Waals surface area contributed by atoms with E-state index < -0.39 is 0 Å². The van der Waals surface area contributed by atoms with Gasteiger partial charge < -0.3 is 20.5 Å². The van der Waals surface area contributed by atoms with Gasteiger partial charge in [0.2, 0.25) is 0 Å². The Morgan fingerprint density at radius 3 is 2.52 bits per heavy atom. The van der Waals surface area contributed by atoms with Gasteiger partial charge >= 0.3 is 0 Å². The molecule has 148 valence electrons. The van der Waals surface area contributed by atoms with Crippen LogP contribution in [0.25, 0.3) is 0 Å². The van der Waals surface area contributed by atoms with Crippen molar-refractivity contribution in [2.45, 2.75) is 33.2 Å². The number of nitrogens with zero attached hydrogens (tertiary/aromatic N) is 1. The van der Waals surface area contributed by atoms with Gasteiger partial charge in [-0.2, -0.15) is 0 Å². The lowest BCUT2D eigenvalue weighted by atomic mass is 10.1. The quantitative estimate of drug-likeness (QED) is 0.230. The molecule has 0 aromatic heterocycles. The van der Waals surface area contributed by atoms with Crippen LogP contribution < -0.4 is 15.4 Å². The fourth-order valence-corrected chi connectivity index (χ4v) is 2.66. The second kappa shape index (κ2) is 12.4. The van der Waals surface area contributed by atoms with Crippen molar-refractivity contribution in [3.8, 4) is 11.5 Å². The van der Waals surface area contributed by atoms with Crippen molar-refractivity contribution >= 4 is 29.9 Å². The maximum Gasteiger partial charge on any atom is 0.191 e. The van der Waals surface area contributed by atoms with Gasteiger partial charge in [-0.3, -0.25) is 4.99 Å². The molecular weight excluding hydrogens is 453 g/mol. The van der Waals surface area contributed by atoms with E-state index >= 15 is 0 Å². The fraction of sp³-hybridized carbons (Fsp3) is 0.381. The molecular formula is C21H30IN3O2. The number of hydrogen-bond donors (Lipinski definition) is 3. The first-order chi connectivity index (χ1) is 12.6. The normalized spacial score (nSPS) is 10.9. The van der Waals surface area contributed by atoms with Gasteiger partial charge in [0, 0.05) is 25.7 Å². The van der Waals surface area contributed by atoms with Crippen LogP contribution in [0.15, 0.2) is 47.5 Å². The molecule has 0 atom stereocenters. The fourth-order valence-electron chi connectivity index (χ4n) is 2.66. The molecule has 0 heterocycles.